The Morgan fingerprint density at radius 3 is 2.83 bits per heavy atom. The van der Waals surface area contributed by atoms with Crippen LogP contribution in [0.2, 0.25) is 0 Å². The number of furan rings is 1. The number of aromatic amines is 1. The molecule has 5 aromatic rings. The summed E-state index contributed by atoms with van der Waals surface area (Å²) in [6.45, 7) is 3.84. The molecule has 35 heavy (non-hydrogen) atoms. The largest absolute Gasteiger partial charge is 0.497 e. The van der Waals surface area contributed by atoms with Crippen LogP contribution in [0.4, 0.5) is 0 Å². The Morgan fingerprint density at radius 2 is 2.00 bits per heavy atom. The Balaban J connectivity index is 1.31. The van der Waals surface area contributed by atoms with Crippen molar-refractivity contribution in [2.75, 3.05) is 7.11 Å². The van der Waals surface area contributed by atoms with E-state index in [-0.39, 0.29) is 18.4 Å². The lowest BCUT2D eigenvalue weighted by atomic mass is 9.91. The van der Waals surface area contributed by atoms with E-state index >= 15 is 0 Å². The van der Waals surface area contributed by atoms with Gasteiger partial charge in [-0.25, -0.2) is 4.79 Å². The molecule has 7 heteroatoms. The van der Waals surface area contributed by atoms with Crippen LogP contribution >= 0.6 is 0 Å². The van der Waals surface area contributed by atoms with Gasteiger partial charge in [0, 0.05) is 33.4 Å². The van der Waals surface area contributed by atoms with Crippen molar-refractivity contribution in [1.29, 1.82) is 0 Å². The minimum absolute atomic E-state index is 0.0353. The minimum atomic E-state index is -0.491. The van der Waals surface area contributed by atoms with Gasteiger partial charge in [0.25, 0.3) is 0 Å². The van der Waals surface area contributed by atoms with Gasteiger partial charge in [0.15, 0.2) is 0 Å². The number of carbonyl (C=O) groups is 1. The molecule has 0 radical (unpaired) electrons. The van der Waals surface area contributed by atoms with Crippen molar-refractivity contribution in [3.63, 3.8) is 0 Å². The summed E-state index contributed by atoms with van der Waals surface area (Å²) in [6, 6.07) is 9.55. The van der Waals surface area contributed by atoms with E-state index in [0.717, 1.165) is 63.5 Å². The lowest BCUT2D eigenvalue weighted by molar-refractivity contribution is -0.121. The summed E-state index contributed by atoms with van der Waals surface area (Å²) < 4.78 is 16.5. The summed E-state index contributed by atoms with van der Waals surface area (Å²) in [5.74, 6) is 0.612. The summed E-state index contributed by atoms with van der Waals surface area (Å²) in [7, 11) is 1.66. The standard InChI is InChI=1S/C28H26N2O5/c1-14-13-34-24-12-25-19(10-18(14)24)15(2)20(28(32)35-25)11-26(31)29-23-6-4-5-17-21-9-16(33-3)7-8-22(21)30-27(17)23/h7-10,12-13,23,30H,4-6,11H2,1-3H3,(H,29,31)/t23-/m0/s1. The van der Waals surface area contributed by atoms with Gasteiger partial charge in [-0.1, -0.05) is 0 Å². The summed E-state index contributed by atoms with van der Waals surface area (Å²) in [5, 5.41) is 6.06. The molecular formula is C28H26N2O5. The molecule has 1 atom stereocenters. The van der Waals surface area contributed by atoms with Gasteiger partial charge in [-0.3, -0.25) is 4.79 Å². The maximum atomic E-state index is 13.1. The van der Waals surface area contributed by atoms with E-state index in [1.54, 1.807) is 19.4 Å². The molecule has 1 amide bonds. The predicted molar refractivity (Wildman–Crippen MR) is 134 cm³/mol. The average molecular weight is 471 g/mol. The number of rotatable bonds is 4. The lowest BCUT2D eigenvalue weighted by Crippen LogP contribution is -2.33. The molecule has 7 nitrogen and oxygen atoms in total. The number of carbonyl (C=O) groups excluding carboxylic acids is 1. The van der Waals surface area contributed by atoms with Gasteiger partial charge in [0.05, 0.1) is 31.4 Å². The van der Waals surface area contributed by atoms with Gasteiger partial charge < -0.3 is 23.9 Å². The van der Waals surface area contributed by atoms with Gasteiger partial charge >= 0.3 is 5.63 Å². The molecule has 3 heterocycles. The highest BCUT2D eigenvalue weighted by Gasteiger charge is 2.26. The van der Waals surface area contributed by atoms with Gasteiger partial charge in [-0.05, 0) is 74.1 Å². The zero-order valence-corrected chi connectivity index (χ0v) is 19.9. The first kappa shape index (κ1) is 21.5. The monoisotopic (exact) mass is 470 g/mol. The second-order valence-corrected chi connectivity index (χ2v) is 9.37. The van der Waals surface area contributed by atoms with Crippen molar-refractivity contribution in [1.82, 2.24) is 10.3 Å². The number of amides is 1. The third kappa shape index (κ3) is 3.50. The van der Waals surface area contributed by atoms with E-state index in [1.165, 1.54) is 5.56 Å². The van der Waals surface area contributed by atoms with Crippen molar-refractivity contribution in [2.24, 2.45) is 0 Å². The van der Waals surface area contributed by atoms with Crippen LogP contribution in [0.25, 0.3) is 32.8 Å². The first-order chi connectivity index (χ1) is 16.9. The number of aryl methyl sites for hydroxylation is 3. The normalized spacial score (nSPS) is 15.6. The van der Waals surface area contributed by atoms with E-state index in [2.05, 4.69) is 10.3 Å². The number of hydrogen-bond acceptors (Lipinski definition) is 5. The number of nitrogens with one attached hydrogen (secondary N) is 2. The van der Waals surface area contributed by atoms with Gasteiger partial charge in [0.1, 0.15) is 16.9 Å². The summed E-state index contributed by atoms with van der Waals surface area (Å²) in [5.41, 5.74) is 6.08. The smallest absolute Gasteiger partial charge is 0.340 e. The zero-order chi connectivity index (χ0) is 24.3. The molecule has 0 aliphatic heterocycles. The fourth-order valence-corrected chi connectivity index (χ4v) is 5.36. The van der Waals surface area contributed by atoms with Crippen molar-refractivity contribution < 1.29 is 18.4 Å². The Hall–Kier alpha value is -4.00. The number of benzene rings is 2. The second kappa shape index (κ2) is 8.05. The first-order valence-corrected chi connectivity index (χ1v) is 11.8. The van der Waals surface area contributed by atoms with Crippen molar-refractivity contribution >= 4 is 38.7 Å². The number of fused-ring (bicyclic) bond motifs is 5. The third-order valence-electron chi connectivity index (χ3n) is 7.26. The van der Waals surface area contributed by atoms with Crippen LogP contribution in [0.1, 0.15) is 46.8 Å². The van der Waals surface area contributed by atoms with Crippen LogP contribution in [0.5, 0.6) is 5.75 Å². The van der Waals surface area contributed by atoms with Crippen LogP contribution in [0.15, 0.2) is 50.2 Å². The Bertz CT molecular complexity index is 1690. The number of ether oxygens (including phenoxy) is 1. The maximum Gasteiger partial charge on any atom is 0.340 e. The third-order valence-corrected chi connectivity index (χ3v) is 7.26. The number of methoxy groups -OCH3 is 1. The molecule has 0 saturated heterocycles. The highest BCUT2D eigenvalue weighted by Crippen LogP contribution is 2.36. The molecule has 0 unspecified atom stereocenters. The molecule has 0 saturated carbocycles. The molecule has 1 aliphatic rings. The Morgan fingerprint density at radius 1 is 1.14 bits per heavy atom. The first-order valence-electron chi connectivity index (χ1n) is 11.8. The van der Waals surface area contributed by atoms with Crippen LogP contribution in [0, 0.1) is 13.8 Å². The lowest BCUT2D eigenvalue weighted by Gasteiger charge is -2.24. The van der Waals surface area contributed by atoms with Crippen molar-refractivity contribution in [2.45, 2.75) is 45.6 Å². The quantitative estimate of drug-likeness (QED) is 0.344. The summed E-state index contributed by atoms with van der Waals surface area (Å²) in [4.78, 5) is 29.4. The van der Waals surface area contributed by atoms with Gasteiger partial charge in [-0.2, -0.15) is 0 Å². The SMILES string of the molecule is COc1ccc2[nH]c3c(c2c1)CCC[C@@H]3NC(=O)Cc1c(C)c2cc3c(C)coc3cc2oc1=O. The van der Waals surface area contributed by atoms with E-state index in [9.17, 15) is 9.59 Å². The molecule has 0 spiro atoms. The Kier molecular flexibility index (Phi) is 4.95. The Labute approximate surface area is 201 Å². The van der Waals surface area contributed by atoms with E-state index in [0.29, 0.717) is 16.7 Å². The zero-order valence-electron chi connectivity index (χ0n) is 19.9. The van der Waals surface area contributed by atoms with Crippen LogP contribution in [0.3, 0.4) is 0 Å². The van der Waals surface area contributed by atoms with Gasteiger partial charge in [-0.15, -0.1) is 0 Å². The number of H-pyrrole nitrogens is 1. The summed E-state index contributed by atoms with van der Waals surface area (Å²) >= 11 is 0. The minimum Gasteiger partial charge on any atom is -0.497 e. The van der Waals surface area contributed by atoms with E-state index < -0.39 is 5.63 Å². The molecule has 1 aliphatic carbocycles. The molecule has 2 N–H and O–H groups in total. The predicted octanol–water partition coefficient (Wildman–Crippen LogP) is 5.38. The van der Waals surface area contributed by atoms with Crippen LogP contribution in [-0.4, -0.2) is 18.0 Å². The molecule has 3 aromatic heterocycles. The van der Waals surface area contributed by atoms with Crippen LogP contribution < -0.4 is 15.7 Å². The number of aromatic nitrogens is 1. The molecule has 178 valence electrons. The second-order valence-electron chi connectivity index (χ2n) is 9.37. The fraction of sp³-hybridized carbons (Fsp3) is 0.286. The van der Waals surface area contributed by atoms with Crippen molar-refractivity contribution in [3.05, 3.63) is 75.0 Å². The molecule has 0 bridgehead atoms. The number of hydrogen-bond donors (Lipinski definition) is 2. The van der Waals surface area contributed by atoms with Crippen LogP contribution in [-0.2, 0) is 17.6 Å². The highest BCUT2D eigenvalue weighted by atomic mass is 16.5. The topological polar surface area (TPSA) is 97.5 Å². The van der Waals surface area contributed by atoms with Gasteiger partial charge in [0.2, 0.25) is 5.91 Å². The highest BCUT2D eigenvalue weighted by molar-refractivity contribution is 5.96. The molecular weight excluding hydrogens is 444 g/mol. The fourth-order valence-electron chi connectivity index (χ4n) is 5.36. The molecule has 2 aromatic carbocycles. The average Bonchev–Trinajstić information content (AvgIpc) is 3.41. The molecule has 0 fully saturated rings. The maximum absolute atomic E-state index is 13.1. The van der Waals surface area contributed by atoms with E-state index in [1.807, 2.05) is 38.1 Å². The van der Waals surface area contributed by atoms with Crippen molar-refractivity contribution in [3.8, 4) is 5.75 Å². The van der Waals surface area contributed by atoms with E-state index in [4.69, 9.17) is 13.6 Å². The molecule has 6 rings (SSSR count). The summed E-state index contributed by atoms with van der Waals surface area (Å²) in [6.07, 6.45) is 4.41.